The predicted molar refractivity (Wildman–Crippen MR) is 111 cm³/mol. The number of carbonyl (C=O) groups is 1. The van der Waals surface area contributed by atoms with Crippen LogP contribution in [0, 0.1) is 11.3 Å². The highest BCUT2D eigenvalue weighted by atomic mass is 35.5. The molecule has 0 aliphatic carbocycles. The van der Waals surface area contributed by atoms with Crippen LogP contribution in [0.1, 0.15) is 16.9 Å². The van der Waals surface area contributed by atoms with Gasteiger partial charge in [-0.15, -0.1) is 0 Å². The molecule has 0 aliphatic heterocycles. The van der Waals surface area contributed by atoms with E-state index in [0.717, 1.165) is 5.56 Å². The number of furan rings is 1. The lowest BCUT2D eigenvalue weighted by Crippen LogP contribution is -2.23. The van der Waals surface area contributed by atoms with Gasteiger partial charge in [0.1, 0.15) is 29.8 Å². The van der Waals surface area contributed by atoms with Crippen LogP contribution in [0.5, 0.6) is 5.75 Å². The maximum absolute atomic E-state index is 12.2. The largest absolute Gasteiger partial charge is 0.489 e. The average Bonchev–Trinajstić information content (AvgIpc) is 3.24. The Hall–Kier alpha value is -3.20. The van der Waals surface area contributed by atoms with Crippen molar-refractivity contribution in [3.05, 3.63) is 93.4 Å². The Labute approximate surface area is 178 Å². The van der Waals surface area contributed by atoms with Crippen molar-refractivity contribution in [3.8, 4) is 11.8 Å². The van der Waals surface area contributed by atoms with Gasteiger partial charge in [0.25, 0.3) is 5.91 Å². The number of carbonyl (C=O) groups excluding carboxylic acids is 1. The summed E-state index contributed by atoms with van der Waals surface area (Å²) in [5.41, 5.74) is 1.52. The number of hydrogen-bond donors (Lipinski definition) is 1. The summed E-state index contributed by atoms with van der Waals surface area (Å²) in [6.07, 6.45) is 3.03. The fourth-order valence-corrected chi connectivity index (χ4v) is 2.91. The van der Waals surface area contributed by atoms with Gasteiger partial charge in [-0.3, -0.25) is 4.79 Å². The lowest BCUT2D eigenvalue weighted by Gasteiger charge is -2.08. The molecule has 0 spiro atoms. The fourth-order valence-electron chi connectivity index (χ4n) is 2.45. The first-order chi connectivity index (χ1) is 14.0. The number of benzene rings is 2. The number of amides is 1. The zero-order valence-electron chi connectivity index (χ0n) is 15.2. The van der Waals surface area contributed by atoms with Crippen LogP contribution in [0.4, 0.5) is 0 Å². The second-order valence-electron chi connectivity index (χ2n) is 6.03. The van der Waals surface area contributed by atoms with Crippen LogP contribution in [0.2, 0.25) is 10.0 Å². The number of hydrogen-bond acceptors (Lipinski definition) is 4. The van der Waals surface area contributed by atoms with E-state index in [1.165, 1.54) is 12.3 Å². The van der Waals surface area contributed by atoms with Crippen molar-refractivity contribution in [2.75, 3.05) is 0 Å². The summed E-state index contributed by atoms with van der Waals surface area (Å²) in [5.74, 6) is 0.772. The topological polar surface area (TPSA) is 75.3 Å². The van der Waals surface area contributed by atoms with Crippen LogP contribution in [0.15, 0.2) is 70.9 Å². The highest BCUT2D eigenvalue weighted by molar-refractivity contribution is 6.35. The molecule has 3 rings (SSSR count). The zero-order valence-corrected chi connectivity index (χ0v) is 16.7. The molecular formula is C22H16Cl2N2O3. The molecule has 0 fully saturated rings. The summed E-state index contributed by atoms with van der Waals surface area (Å²) in [6, 6.07) is 17.6. The Bertz CT molecular complexity index is 1050. The summed E-state index contributed by atoms with van der Waals surface area (Å²) in [6.45, 7) is 0.509. The number of nitrogens with one attached hydrogen (secondary N) is 1. The molecule has 0 unspecified atom stereocenters. The van der Waals surface area contributed by atoms with Gasteiger partial charge >= 0.3 is 0 Å². The van der Waals surface area contributed by atoms with Crippen molar-refractivity contribution in [1.82, 2.24) is 5.32 Å². The minimum absolute atomic E-state index is 0.00169. The van der Waals surface area contributed by atoms with Crippen molar-refractivity contribution in [2.24, 2.45) is 0 Å². The zero-order chi connectivity index (χ0) is 20.6. The second kappa shape index (κ2) is 9.83. The average molecular weight is 427 g/mol. The fraction of sp³-hybridized carbons (Fsp3) is 0.0909. The van der Waals surface area contributed by atoms with Crippen LogP contribution in [0.25, 0.3) is 6.08 Å². The van der Waals surface area contributed by atoms with Crippen molar-refractivity contribution < 1.29 is 13.9 Å². The minimum Gasteiger partial charge on any atom is -0.489 e. The Morgan fingerprint density at radius 2 is 1.97 bits per heavy atom. The number of rotatable bonds is 7. The van der Waals surface area contributed by atoms with E-state index in [1.807, 2.05) is 12.1 Å². The maximum Gasteiger partial charge on any atom is 0.262 e. The van der Waals surface area contributed by atoms with Gasteiger partial charge in [0.05, 0.1) is 12.8 Å². The van der Waals surface area contributed by atoms with E-state index >= 15 is 0 Å². The van der Waals surface area contributed by atoms with Crippen LogP contribution in [0.3, 0.4) is 0 Å². The summed E-state index contributed by atoms with van der Waals surface area (Å²) < 4.78 is 10.9. The van der Waals surface area contributed by atoms with Crippen LogP contribution in [-0.2, 0) is 17.9 Å². The second-order valence-corrected chi connectivity index (χ2v) is 6.87. The summed E-state index contributed by atoms with van der Waals surface area (Å²) in [5, 5.41) is 13.0. The molecule has 1 aromatic heterocycles. The van der Waals surface area contributed by atoms with Gasteiger partial charge in [-0.05, 0) is 48.0 Å². The van der Waals surface area contributed by atoms with Gasteiger partial charge in [-0.25, -0.2) is 0 Å². The molecule has 0 radical (unpaired) electrons. The predicted octanol–water partition coefficient (Wildman–Crippen LogP) is 5.39. The lowest BCUT2D eigenvalue weighted by atomic mass is 10.1. The molecule has 0 aliphatic rings. The van der Waals surface area contributed by atoms with Gasteiger partial charge in [-0.2, -0.15) is 5.26 Å². The molecule has 29 heavy (non-hydrogen) atoms. The third kappa shape index (κ3) is 5.89. The molecule has 146 valence electrons. The molecule has 1 heterocycles. The molecule has 3 aromatic rings. The quantitative estimate of drug-likeness (QED) is 0.405. The molecule has 0 saturated heterocycles. The highest BCUT2D eigenvalue weighted by Gasteiger charge is 2.09. The Morgan fingerprint density at radius 3 is 2.62 bits per heavy atom. The Kier molecular flexibility index (Phi) is 6.96. The van der Waals surface area contributed by atoms with E-state index < -0.39 is 5.91 Å². The third-order valence-electron chi connectivity index (χ3n) is 3.97. The molecular weight excluding hydrogens is 411 g/mol. The Balaban J connectivity index is 1.60. The number of nitrogens with zero attached hydrogens (tertiary/aromatic N) is 1. The molecule has 0 saturated carbocycles. The first-order valence-corrected chi connectivity index (χ1v) is 9.40. The van der Waals surface area contributed by atoms with E-state index in [0.29, 0.717) is 33.7 Å². The molecule has 1 N–H and O–H groups in total. The van der Waals surface area contributed by atoms with E-state index in [1.54, 1.807) is 48.5 Å². The molecule has 1 amide bonds. The first-order valence-electron chi connectivity index (χ1n) is 8.64. The normalized spacial score (nSPS) is 11.0. The summed E-state index contributed by atoms with van der Waals surface area (Å²) >= 11 is 12.0. The molecule has 7 heteroatoms. The highest BCUT2D eigenvalue weighted by Crippen LogP contribution is 2.23. The number of halogens is 2. The van der Waals surface area contributed by atoms with Crippen molar-refractivity contribution >= 4 is 35.2 Å². The first kappa shape index (κ1) is 20.5. The van der Waals surface area contributed by atoms with Gasteiger partial charge in [0.15, 0.2) is 0 Å². The number of nitriles is 1. The SMILES string of the molecule is N#C/C(=C\c1ccc(OCc2ccc(Cl)cc2Cl)cc1)C(=O)NCc1ccco1. The lowest BCUT2D eigenvalue weighted by molar-refractivity contribution is -0.117. The van der Waals surface area contributed by atoms with Gasteiger partial charge < -0.3 is 14.5 Å². The van der Waals surface area contributed by atoms with Gasteiger partial charge in [0.2, 0.25) is 0 Å². The molecule has 0 bridgehead atoms. The smallest absolute Gasteiger partial charge is 0.262 e. The van der Waals surface area contributed by atoms with Crippen molar-refractivity contribution in [3.63, 3.8) is 0 Å². The van der Waals surface area contributed by atoms with Gasteiger partial charge in [-0.1, -0.05) is 41.4 Å². The van der Waals surface area contributed by atoms with Crippen LogP contribution in [-0.4, -0.2) is 5.91 Å². The molecule has 5 nitrogen and oxygen atoms in total. The maximum atomic E-state index is 12.2. The van der Waals surface area contributed by atoms with Crippen molar-refractivity contribution in [2.45, 2.75) is 13.2 Å². The standard InChI is InChI=1S/C22H16Cl2N2O3/c23-18-6-5-16(21(24)11-18)14-29-19-7-3-15(4-8-19)10-17(12-25)22(27)26-13-20-2-1-9-28-20/h1-11H,13-14H2,(H,26,27)/b17-10+. The molecule has 0 atom stereocenters. The minimum atomic E-state index is -0.471. The van der Waals surface area contributed by atoms with Crippen LogP contribution < -0.4 is 10.1 Å². The summed E-state index contributed by atoms with van der Waals surface area (Å²) in [4.78, 5) is 12.2. The molecule has 2 aromatic carbocycles. The monoisotopic (exact) mass is 426 g/mol. The summed E-state index contributed by atoms with van der Waals surface area (Å²) in [7, 11) is 0. The van der Waals surface area contributed by atoms with E-state index in [2.05, 4.69) is 5.32 Å². The van der Waals surface area contributed by atoms with E-state index in [-0.39, 0.29) is 12.1 Å². The van der Waals surface area contributed by atoms with Gasteiger partial charge in [0, 0.05) is 15.6 Å². The van der Waals surface area contributed by atoms with E-state index in [4.69, 9.17) is 32.4 Å². The van der Waals surface area contributed by atoms with Crippen LogP contribution >= 0.6 is 23.2 Å². The Morgan fingerprint density at radius 1 is 1.17 bits per heavy atom. The van der Waals surface area contributed by atoms with E-state index in [9.17, 15) is 10.1 Å². The van der Waals surface area contributed by atoms with Crippen molar-refractivity contribution in [1.29, 1.82) is 5.26 Å². The number of ether oxygens (including phenoxy) is 1. The third-order valence-corrected chi connectivity index (χ3v) is 4.56.